The van der Waals surface area contributed by atoms with Crippen molar-refractivity contribution in [1.29, 1.82) is 0 Å². The van der Waals surface area contributed by atoms with Crippen LogP contribution in [0.4, 0.5) is 5.69 Å². The number of hydrogen-bond donors (Lipinski definition) is 3. The van der Waals surface area contributed by atoms with Gasteiger partial charge in [0.15, 0.2) is 0 Å². The van der Waals surface area contributed by atoms with E-state index in [1.165, 1.54) is 5.01 Å². The van der Waals surface area contributed by atoms with Crippen molar-refractivity contribution in [1.82, 2.24) is 15.5 Å². The number of aliphatic imine (C=N–C) groups is 1. The monoisotopic (exact) mass is 457 g/mol. The lowest BCUT2D eigenvalue weighted by Crippen LogP contribution is -2.55. The SMILES string of the molecule is Cc1ccc(N2NC(C(=O)NCc3ccccc3CS(=O)(=O)NC(C)C)=NCC2=O)cc1. The Morgan fingerprint density at radius 1 is 1.12 bits per heavy atom. The van der Waals surface area contributed by atoms with E-state index in [4.69, 9.17) is 0 Å². The maximum atomic E-state index is 12.7. The quantitative estimate of drug-likeness (QED) is 0.553. The number of rotatable bonds is 8. The summed E-state index contributed by atoms with van der Waals surface area (Å²) in [6, 6.07) is 14.1. The predicted molar refractivity (Wildman–Crippen MR) is 123 cm³/mol. The van der Waals surface area contributed by atoms with Gasteiger partial charge in [0.1, 0.15) is 6.54 Å². The van der Waals surface area contributed by atoms with Crippen molar-refractivity contribution >= 4 is 33.4 Å². The molecule has 10 heteroatoms. The number of amides is 2. The van der Waals surface area contributed by atoms with Crippen LogP contribution in [-0.4, -0.2) is 38.7 Å². The summed E-state index contributed by atoms with van der Waals surface area (Å²) in [6.45, 7) is 5.42. The molecule has 3 N–H and O–H groups in total. The average Bonchev–Trinajstić information content (AvgIpc) is 2.73. The first-order valence-corrected chi connectivity index (χ1v) is 11.9. The summed E-state index contributed by atoms with van der Waals surface area (Å²) >= 11 is 0. The molecule has 2 aromatic rings. The van der Waals surface area contributed by atoms with Crippen molar-refractivity contribution in [3.05, 3.63) is 65.2 Å². The van der Waals surface area contributed by atoms with Gasteiger partial charge >= 0.3 is 0 Å². The predicted octanol–water partition coefficient (Wildman–Crippen LogP) is 1.39. The third-order valence-corrected chi connectivity index (χ3v) is 6.19. The number of benzene rings is 2. The van der Waals surface area contributed by atoms with Crippen LogP contribution >= 0.6 is 0 Å². The Morgan fingerprint density at radius 3 is 2.44 bits per heavy atom. The molecule has 9 nitrogen and oxygen atoms in total. The molecule has 1 aliphatic rings. The number of amidine groups is 1. The van der Waals surface area contributed by atoms with Crippen molar-refractivity contribution in [2.24, 2.45) is 4.99 Å². The molecule has 32 heavy (non-hydrogen) atoms. The number of nitrogens with one attached hydrogen (secondary N) is 3. The van der Waals surface area contributed by atoms with Crippen molar-refractivity contribution in [2.45, 2.75) is 39.1 Å². The zero-order chi connectivity index (χ0) is 23.3. The number of aryl methyl sites for hydroxylation is 1. The van der Waals surface area contributed by atoms with Gasteiger partial charge in [-0.3, -0.25) is 20.0 Å². The minimum Gasteiger partial charge on any atom is -0.345 e. The second kappa shape index (κ2) is 9.92. The number of sulfonamides is 1. The van der Waals surface area contributed by atoms with Crippen LogP contribution in [0.2, 0.25) is 0 Å². The molecule has 0 radical (unpaired) electrons. The standard InChI is InChI=1S/C22H27N5O4S/c1-15(2)26-32(30,31)14-18-7-5-4-6-17(18)12-24-22(29)21-23-13-20(28)27(25-21)19-10-8-16(3)9-11-19/h4-11,15,26H,12-14H2,1-3H3,(H,23,25)(H,24,29). The molecular weight excluding hydrogens is 430 g/mol. The van der Waals surface area contributed by atoms with Crippen LogP contribution in [-0.2, 0) is 31.9 Å². The maximum absolute atomic E-state index is 12.7. The van der Waals surface area contributed by atoms with Gasteiger partial charge in [0.05, 0.1) is 11.4 Å². The molecule has 0 unspecified atom stereocenters. The second-order valence-corrected chi connectivity index (χ2v) is 9.58. The highest BCUT2D eigenvalue weighted by atomic mass is 32.2. The second-order valence-electron chi connectivity index (χ2n) is 7.82. The van der Waals surface area contributed by atoms with Crippen LogP contribution in [0.5, 0.6) is 0 Å². The molecule has 0 saturated heterocycles. The molecular formula is C22H27N5O4S. The van der Waals surface area contributed by atoms with Crippen LogP contribution in [0.25, 0.3) is 0 Å². The summed E-state index contributed by atoms with van der Waals surface area (Å²) in [5.74, 6) is -0.950. The van der Waals surface area contributed by atoms with Gasteiger partial charge in [0.2, 0.25) is 15.9 Å². The Balaban J connectivity index is 1.67. The molecule has 3 rings (SSSR count). The molecule has 2 amide bonds. The summed E-state index contributed by atoms with van der Waals surface area (Å²) in [7, 11) is -3.51. The van der Waals surface area contributed by atoms with Crippen LogP contribution in [0.15, 0.2) is 53.5 Å². The summed E-state index contributed by atoms with van der Waals surface area (Å²) in [6.07, 6.45) is 0. The fraction of sp³-hybridized carbons (Fsp3) is 0.318. The largest absolute Gasteiger partial charge is 0.345 e. The van der Waals surface area contributed by atoms with E-state index < -0.39 is 15.9 Å². The Kier molecular flexibility index (Phi) is 7.26. The maximum Gasteiger partial charge on any atom is 0.288 e. The van der Waals surface area contributed by atoms with E-state index in [1.807, 2.05) is 19.1 Å². The highest BCUT2D eigenvalue weighted by Crippen LogP contribution is 2.16. The summed E-state index contributed by atoms with van der Waals surface area (Å²) in [5, 5.41) is 4.04. The Morgan fingerprint density at radius 2 is 1.78 bits per heavy atom. The molecule has 0 aromatic heterocycles. The third-order valence-electron chi connectivity index (χ3n) is 4.67. The number of anilines is 1. The van der Waals surface area contributed by atoms with Gasteiger partial charge < -0.3 is 5.32 Å². The van der Waals surface area contributed by atoms with E-state index in [1.54, 1.807) is 50.2 Å². The van der Waals surface area contributed by atoms with Crippen molar-refractivity contribution in [3.63, 3.8) is 0 Å². The van der Waals surface area contributed by atoms with E-state index in [-0.39, 0.29) is 36.6 Å². The topological polar surface area (TPSA) is 120 Å². The van der Waals surface area contributed by atoms with Crippen LogP contribution in [0.3, 0.4) is 0 Å². The lowest BCUT2D eigenvalue weighted by Gasteiger charge is -2.27. The van der Waals surface area contributed by atoms with E-state index in [0.29, 0.717) is 16.8 Å². The van der Waals surface area contributed by atoms with E-state index in [9.17, 15) is 18.0 Å². The van der Waals surface area contributed by atoms with E-state index in [0.717, 1.165) is 5.56 Å². The first-order valence-electron chi connectivity index (χ1n) is 10.2. The minimum atomic E-state index is -3.51. The zero-order valence-corrected chi connectivity index (χ0v) is 19.1. The normalized spacial score (nSPS) is 14.2. The summed E-state index contributed by atoms with van der Waals surface area (Å²) in [4.78, 5) is 28.9. The molecule has 0 spiro atoms. The highest BCUT2D eigenvalue weighted by molar-refractivity contribution is 7.88. The number of hydrogen-bond acceptors (Lipinski definition) is 6. The van der Waals surface area contributed by atoms with Gasteiger partial charge in [-0.25, -0.2) is 18.1 Å². The summed E-state index contributed by atoms with van der Waals surface area (Å²) < 4.78 is 27.2. The molecule has 0 fully saturated rings. The van der Waals surface area contributed by atoms with Crippen LogP contribution in [0.1, 0.15) is 30.5 Å². The molecule has 0 aliphatic carbocycles. The average molecular weight is 458 g/mol. The van der Waals surface area contributed by atoms with Gasteiger partial charge in [-0.1, -0.05) is 42.0 Å². The number of hydrazine groups is 1. The molecule has 2 aromatic carbocycles. The van der Waals surface area contributed by atoms with Crippen molar-refractivity contribution < 1.29 is 18.0 Å². The molecule has 170 valence electrons. The first kappa shape index (κ1) is 23.4. The lowest BCUT2D eigenvalue weighted by atomic mass is 10.1. The Labute approximate surface area is 187 Å². The first-order chi connectivity index (χ1) is 15.1. The smallest absolute Gasteiger partial charge is 0.288 e. The molecule has 0 saturated carbocycles. The van der Waals surface area contributed by atoms with Gasteiger partial charge in [-0.2, -0.15) is 0 Å². The van der Waals surface area contributed by atoms with Gasteiger partial charge in [0, 0.05) is 12.6 Å². The Bertz CT molecular complexity index is 1130. The lowest BCUT2D eigenvalue weighted by molar-refractivity contribution is -0.118. The molecule has 1 heterocycles. The fourth-order valence-corrected chi connectivity index (χ4v) is 4.67. The van der Waals surface area contributed by atoms with Crippen molar-refractivity contribution in [2.75, 3.05) is 11.6 Å². The summed E-state index contributed by atoms with van der Waals surface area (Å²) in [5.41, 5.74) is 5.69. The van der Waals surface area contributed by atoms with Gasteiger partial charge in [0.25, 0.3) is 11.8 Å². The van der Waals surface area contributed by atoms with E-state index in [2.05, 4.69) is 20.5 Å². The van der Waals surface area contributed by atoms with Crippen LogP contribution in [0, 0.1) is 6.92 Å². The number of carbonyl (C=O) groups excluding carboxylic acids is 2. The minimum absolute atomic E-state index is 0.0109. The van der Waals surface area contributed by atoms with E-state index >= 15 is 0 Å². The number of nitrogens with zero attached hydrogens (tertiary/aromatic N) is 2. The highest BCUT2D eigenvalue weighted by Gasteiger charge is 2.25. The third kappa shape index (κ3) is 6.14. The van der Waals surface area contributed by atoms with Crippen LogP contribution < -0.4 is 20.5 Å². The molecule has 1 aliphatic heterocycles. The fourth-order valence-electron chi connectivity index (χ4n) is 3.18. The molecule has 0 bridgehead atoms. The van der Waals surface area contributed by atoms with Crippen molar-refractivity contribution in [3.8, 4) is 0 Å². The van der Waals surface area contributed by atoms with Gasteiger partial charge in [-0.15, -0.1) is 0 Å². The Hall–Kier alpha value is -3.24. The number of carbonyl (C=O) groups is 2. The van der Waals surface area contributed by atoms with Gasteiger partial charge in [-0.05, 0) is 44.0 Å². The molecule has 0 atom stereocenters. The zero-order valence-electron chi connectivity index (χ0n) is 18.3.